The number of fused-ring (bicyclic) bond motifs is 1. The summed E-state index contributed by atoms with van der Waals surface area (Å²) in [5, 5.41) is 3.02. The lowest BCUT2D eigenvalue weighted by atomic mass is 9.87. The first kappa shape index (κ1) is 16.3. The average Bonchev–Trinajstić information content (AvgIpc) is 3.01. The summed E-state index contributed by atoms with van der Waals surface area (Å²) in [7, 11) is 1.76. The summed E-state index contributed by atoms with van der Waals surface area (Å²) >= 11 is 0. The summed E-state index contributed by atoms with van der Waals surface area (Å²) in [6.45, 7) is 1.60. The Kier molecular flexibility index (Phi) is 4.69. The summed E-state index contributed by atoms with van der Waals surface area (Å²) < 4.78 is 6.97. The number of hydrogen-bond acceptors (Lipinski definition) is 3. The fraction of sp³-hybridized carbons (Fsp3) is 0.368. The second-order valence-electron chi connectivity index (χ2n) is 6.20. The summed E-state index contributed by atoms with van der Waals surface area (Å²) in [6, 6.07) is 11.6. The lowest BCUT2D eigenvalue weighted by Gasteiger charge is -2.27. The highest BCUT2D eigenvalue weighted by Crippen LogP contribution is 2.29. The van der Waals surface area contributed by atoms with Crippen molar-refractivity contribution in [3.63, 3.8) is 0 Å². The number of aryl methyl sites for hydroxylation is 2. The molecule has 0 saturated carbocycles. The Balaban J connectivity index is 1.63. The summed E-state index contributed by atoms with van der Waals surface area (Å²) in [5.74, 6) is -0.756. The molecule has 3 rings (SSSR count). The van der Waals surface area contributed by atoms with Gasteiger partial charge in [-0.1, -0.05) is 24.3 Å². The van der Waals surface area contributed by atoms with Gasteiger partial charge in [-0.05, 0) is 49.4 Å². The molecule has 2 unspecified atom stereocenters. The van der Waals surface area contributed by atoms with Gasteiger partial charge in [0, 0.05) is 13.2 Å². The number of aromatic nitrogens is 1. The largest absolute Gasteiger partial charge is 0.448 e. The van der Waals surface area contributed by atoms with Crippen LogP contribution >= 0.6 is 0 Å². The van der Waals surface area contributed by atoms with Crippen LogP contribution < -0.4 is 5.32 Å². The maximum absolute atomic E-state index is 12.4. The van der Waals surface area contributed by atoms with Gasteiger partial charge in [-0.25, -0.2) is 4.79 Å². The maximum Gasteiger partial charge on any atom is 0.355 e. The molecule has 126 valence electrons. The van der Waals surface area contributed by atoms with Gasteiger partial charge in [-0.3, -0.25) is 4.79 Å². The second kappa shape index (κ2) is 6.91. The number of nitrogens with one attached hydrogen (secondary N) is 1. The maximum atomic E-state index is 12.4. The van der Waals surface area contributed by atoms with E-state index in [1.165, 1.54) is 5.56 Å². The molecule has 1 N–H and O–H groups in total. The Morgan fingerprint density at radius 2 is 2.04 bits per heavy atom. The molecule has 0 bridgehead atoms. The minimum atomic E-state index is -0.832. The van der Waals surface area contributed by atoms with Crippen LogP contribution in [0, 0.1) is 0 Å². The van der Waals surface area contributed by atoms with E-state index in [0.717, 1.165) is 24.8 Å². The van der Waals surface area contributed by atoms with Crippen molar-refractivity contribution in [1.82, 2.24) is 9.88 Å². The smallest absolute Gasteiger partial charge is 0.355 e. The van der Waals surface area contributed by atoms with Gasteiger partial charge in [-0.2, -0.15) is 0 Å². The number of hydrogen-bond donors (Lipinski definition) is 1. The first-order valence-electron chi connectivity index (χ1n) is 8.26. The Bertz CT molecular complexity index is 751. The molecule has 5 nitrogen and oxygen atoms in total. The number of benzene rings is 1. The molecule has 1 aromatic carbocycles. The van der Waals surface area contributed by atoms with Gasteiger partial charge in [-0.15, -0.1) is 0 Å². The van der Waals surface area contributed by atoms with Crippen molar-refractivity contribution in [3.05, 3.63) is 59.4 Å². The zero-order valence-corrected chi connectivity index (χ0v) is 14.0. The molecule has 0 aliphatic heterocycles. The van der Waals surface area contributed by atoms with E-state index in [1.807, 2.05) is 12.1 Å². The zero-order chi connectivity index (χ0) is 17.1. The number of amides is 1. The minimum absolute atomic E-state index is 0.0151. The number of esters is 1. The highest BCUT2D eigenvalue weighted by molar-refractivity contribution is 5.91. The molecule has 5 heteroatoms. The SMILES string of the molecule is CC(OC(=O)c1cccn1C)C(=O)NC1CCCc2ccccc21. The highest BCUT2D eigenvalue weighted by Gasteiger charge is 2.26. The van der Waals surface area contributed by atoms with E-state index in [9.17, 15) is 9.59 Å². The fourth-order valence-corrected chi connectivity index (χ4v) is 3.14. The molecule has 1 aliphatic carbocycles. The van der Waals surface area contributed by atoms with Crippen LogP contribution in [0.2, 0.25) is 0 Å². The topological polar surface area (TPSA) is 60.3 Å². The first-order chi connectivity index (χ1) is 11.6. The normalized spacial score (nSPS) is 17.7. The van der Waals surface area contributed by atoms with E-state index in [0.29, 0.717) is 5.69 Å². The van der Waals surface area contributed by atoms with Gasteiger partial charge in [0.1, 0.15) is 5.69 Å². The van der Waals surface area contributed by atoms with Crippen molar-refractivity contribution in [2.24, 2.45) is 7.05 Å². The molecular formula is C19H22N2O3. The molecule has 0 spiro atoms. The quantitative estimate of drug-likeness (QED) is 0.879. The van der Waals surface area contributed by atoms with Gasteiger partial charge < -0.3 is 14.6 Å². The highest BCUT2D eigenvalue weighted by atomic mass is 16.5. The van der Waals surface area contributed by atoms with E-state index in [1.54, 1.807) is 36.9 Å². The summed E-state index contributed by atoms with van der Waals surface area (Å²) in [6.07, 6.45) is 3.92. The van der Waals surface area contributed by atoms with Crippen molar-refractivity contribution in [2.75, 3.05) is 0 Å². The average molecular weight is 326 g/mol. The molecule has 1 amide bonds. The third kappa shape index (κ3) is 3.35. The van der Waals surface area contributed by atoms with Crippen LogP contribution in [-0.4, -0.2) is 22.5 Å². The standard InChI is InChI=1S/C19H22N2O3/c1-13(24-19(23)17-11-6-12-21(17)2)18(22)20-16-10-5-8-14-7-3-4-9-15(14)16/h3-4,6-7,9,11-13,16H,5,8,10H2,1-2H3,(H,20,22). The number of rotatable bonds is 4. The molecule has 1 heterocycles. The van der Waals surface area contributed by atoms with Crippen LogP contribution in [-0.2, 0) is 23.0 Å². The van der Waals surface area contributed by atoms with Crippen molar-refractivity contribution < 1.29 is 14.3 Å². The van der Waals surface area contributed by atoms with E-state index < -0.39 is 12.1 Å². The monoisotopic (exact) mass is 326 g/mol. The van der Waals surface area contributed by atoms with Crippen molar-refractivity contribution >= 4 is 11.9 Å². The van der Waals surface area contributed by atoms with Crippen LogP contribution in [0.15, 0.2) is 42.6 Å². The van der Waals surface area contributed by atoms with Crippen molar-refractivity contribution in [1.29, 1.82) is 0 Å². The summed E-state index contributed by atoms with van der Waals surface area (Å²) in [5.41, 5.74) is 2.87. The zero-order valence-electron chi connectivity index (χ0n) is 14.0. The first-order valence-corrected chi connectivity index (χ1v) is 8.26. The number of carbonyl (C=O) groups excluding carboxylic acids is 2. The van der Waals surface area contributed by atoms with E-state index >= 15 is 0 Å². The van der Waals surface area contributed by atoms with Crippen LogP contribution in [0.4, 0.5) is 0 Å². The molecule has 0 radical (unpaired) electrons. The molecular weight excluding hydrogens is 304 g/mol. The molecule has 24 heavy (non-hydrogen) atoms. The van der Waals surface area contributed by atoms with E-state index in [2.05, 4.69) is 17.4 Å². The molecule has 1 aliphatic rings. The van der Waals surface area contributed by atoms with Gasteiger partial charge in [0.15, 0.2) is 6.10 Å². The van der Waals surface area contributed by atoms with E-state index in [4.69, 9.17) is 4.74 Å². The molecule has 1 aromatic heterocycles. The van der Waals surface area contributed by atoms with Gasteiger partial charge in [0.2, 0.25) is 0 Å². The van der Waals surface area contributed by atoms with Crippen LogP contribution in [0.3, 0.4) is 0 Å². The lowest BCUT2D eigenvalue weighted by molar-refractivity contribution is -0.130. The van der Waals surface area contributed by atoms with Crippen molar-refractivity contribution in [3.8, 4) is 0 Å². The predicted octanol–water partition coefficient (Wildman–Crippen LogP) is 2.76. The Morgan fingerprint density at radius 3 is 2.79 bits per heavy atom. The van der Waals surface area contributed by atoms with Crippen LogP contribution in [0.1, 0.15) is 47.4 Å². The second-order valence-corrected chi connectivity index (χ2v) is 6.20. The van der Waals surface area contributed by atoms with Gasteiger partial charge in [0.25, 0.3) is 5.91 Å². The molecule has 2 aromatic rings. The number of nitrogens with zero attached hydrogens (tertiary/aromatic N) is 1. The molecule has 0 saturated heterocycles. The third-order valence-electron chi connectivity index (χ3n) is 4.49. The van der Waals surface area contributed by atoms with Gasteiger partial charge in [0.05, 0.1) is 6.04 Å². The number of ether oxygens (including phenoxy) is 1. The molecule has 2 atom stereocenters. The summed E-state index contributed by atoms with van der Waals surface area (Å²) in [4.78, 5) is 24.5. The van der Waals surface area contributed by atoms with Crippen LogP contribution in [0.25, 0.3) is 0 Å². The van der Waals surface area contributed by atoms with E-state index in [-0.39, 0.29) is 11.9 Å². The lowest BCUT2D eigenvalue weighted by Crippen LogP contribution is -2.39. The minimum Gasteiger partial charge on any atom is -0.448 e. The fourth-order valence-electron chi connectivity index (χ4n) is 3.14. The Hall–Kier alpha value is -2.56. The van der Waals surface area contributed by atoms with Gasteiger partial charge >= 0.3 is 5.97 Å². The Morgan fingerprint density at radius 1 is 1.25 bits per heavy atom. The van der Waals surface area contributed by atoms with Crippen molar-refractivity contribution in [2.45, 2.75) is 38.3 Å². The van der Waals surface area contributed by atoms with Crippen LogP contribution in [0.5, 0.6) is 0 Å². The predicted molar refractivity (Wildman–Crippen MR) is 90.6 cm³/mol. The molecule has 0 fully saturated rings. The Labute approximate surface area is 141 Å². The third-order valence-corrected chi connectivity index (χ3v) is 4.49. The number of carbonyl (C=O) groups is 2.